The van der Waals surface area contributed by atoms with Crippen LogP contribution in [-0.2, 0) is 9.59 Å². The number of aliphatic carboxylic acids is 1. The summed E-state index contributed by atoms with van der Waals surface area (Å²) in [5.41, 5.74) is -1.52. The number of amides is 2. The number of carboxylic acid groups (broad SMARTS) is 3. The van der Waals surface area contributed by atoms with Gasteiger partial charge in [0.05, 0.1) is 6.42 Å². The molecule has 2 unspecified atom stereocenters. The van der Waals surface area contributed by atoms with E-state index in [0.717, 1.165) is 4.90 Å². The third-order valence-electron chi connectivity index (χ3n) is 5.63. The summed E-state index contributed by atoms with van der Waals surface area (Å²) in [6, 6.07) is 0. The van der Waals surface area contributed by atoms with E-state index in [0.29, 0.717) is 0 Å². The molecule has 162 valence electrons. The third-order valence-corrected chi connectivity index (χ3v) is 5.63. The molecule has 0 saturated carbocycles. The molecule has 30 heavy (non-hydrogen) atoms. The van der Waals surface area contributed by atoms with Crippen molar-refractivity contribution in [2.75, 3.05) is 6.54 Å². The fraction of sp³-hybridized carbons (Fsp3) is 0.474. The average molecular weight is 421 g/mol. The van der Waals surface area contributed by atoms with Gasteiger partial charge in [0.1, 0.15) is 0 Å². The van der Waals surface area contributed by atoms with Crippen LogP contribution in [0.15, 0.2) is 36.6 Å². The topological polar surface area (TPSA) is 139 Å². The molecule has 0 radical (unpaired) electrons. The maximum absolute atomic E-state index is 13.3. The first kappa shape index (κ1) is 21.4. The Morgan fingerprint density at radius 2 is 1.73 bits per heavy atom. The van der Waals surface area contributed by atoms with Gasteiger partial charge in [-0.15, -0.1) is 0 Å². The lowest BCUT2D eigenvalue weighted by molar-refractivity contribution is -0.955. The molecule has 0 aromatic rings. The second kappa shape index (κ2) is 7.17. The highest BCUT2D eigenvalue weighted by molar-refractivity contribution is 5.95. The fourth-order valence-corrected chi connectivity index (χ4v) is 4.30. The van der Waals surface area contributed by atoms with Gasteiger partial charge in [0.25, 0.3) is 0 Å². The van der Waals surface area contributed by atoms with Crippen molar-refractivity contribution in [3.05, 3.63) is 36.6 Å². The number of carboxylic acids is 1. The number of hydrogen-bond donors (Lipinski definition) is 3. The fourth-order valence-electron chi connectivity index (χ4n) is 4.30. The lowest BCUT2D eigenvalue weighted by atomic mass is 9.84. The van der Waals surface area contributed by atoms with Crippen molar-refractivity contribution in [2.45, 2.75) is 45.3 Å². The zero-order valence-electron chi connectivity index (χ0n) is 16.9. The van der Waals surface area contributed by atoms with Gasteiger partial charge in [0.15, 0.2) is 17.5 Å². The lowest BCUT2D eigenvalue weighted by Gasteiger charge is -2.49. The quantitative estimate of drug-likeness (QED) is 0.527. The van der Waals surface area contributed by atoms with Gasteiger partial charge in [-0.1, -0.05) is 25.4 Å². The van der Waals surface area contributed by atoms with Crippen LogP contribution in [-0.4, -0.2) is 76.9 Å². The maximum atomic E-state index is 13.3. The van der Waals surface area contributed by atoms with Crippen LogP contribution in [0.3, 0.4) is 0 Å². The van der Waals surface area contributed by atoms with Crippen molar-refractivity contribution < 1.29 is 39.1 Å². The number of Topliss-reactive ketones (excluding diaryl/α,β-unsaturated/α-hetero) is 1. The van der Waals surface area contributed by atoms with Gasteiger partial charge in [-0.3, -0.25) is 9.59 Å². The molecule has 4 heterocycles. The first-order valence-electron chi connectivity index (χ1n) is 9.61. The molecule has 2 amide bonds. The molecular formula is C19H25N4O7+. The van der Waals surface area contributed by atoms with E-state index in [1.54, 1.807) is 25.7 Å². The number of rotatable bonds is 7. The Morgan fingerprint density at radius 3 is 2.17 bits per heavy atom. The van der Waals surface area contributed by atoms with Crippen molar-refractivity contribution in [3.8, 4) is 0 Å². The highest BCUT2D eigenvalue weighted by Crippen LogP contribution is 2.53. The van der Waals surface area contributed by atoms with Crippen LogP contribution in [0.5, 0.6) is 0 Å². The molecule has 4 rings (SSSR count). The molecule has 11 heteroatoms. The number of nitrogens with zero attached hydrogens (tertiary/aromatic N) is 4. The molecule has 2 bridgehead atoms. The van der Waals surface area contributed by atoms with Crippen LogP contribution >= 0.6 is 0 Å². The van der Waals surface area contributed by atoms with Crippen molar-refractivity contribution >= 4 is 23.9 Å². The Morgan fingerprint density at radius 1 is 1.13 bits per heavy atom. The van der Waals surface area contributed by atoms with Crippen LogP contribution in [0.25, 0.3) is 0 Å². The highest BCUT2D eigenvalue weighted by atomic mass is 16.4. The summed E-state index contributed by atoms with van der Waals surface area (Å²) < 4.78 is -0.819. The second-order valence-corrected chi connectivity index (χ2v) is 7.72. The summed E-state index contributed by atoms with van der Waals surface area (Å²) in [7, 11) is 0. The molecule has 2 atom stereocenters. The van der Waals surface area contributed by atoms with Gasteiger partial charge in [0, 0.05) is 31.3 Å². The number of carbonyl (C=O) groups excluding carboxylic acids is 1. The van der Waals surface area contributed by atoms with E-state index >= 15 is 0 Å². The number of hydrogen-bond acceptors (Lipinski definition) is 6. The van der Waals surface area contributed by atoms with Crippen molar-refractivity contribution in [1.82, 2.24) is 14.8 Å². The maximum Gasteiger partial charge on any atom is 0.546 e. The Kier molecular flexibility index (Phi) is 5.11. The van der Waals surface area contributed by atoms with E-state index in [1.165, 1.54) is 35.8 Å². The number of quaternary nitrogens is 1. The molecule has 0 aromatic carbocycles. The highest BCUT2D eigenvalue weighted by Gasteiger charge is 2.75. The molecule has 1 fully saturated rings. The predicted molar refractivity (Wildman–Crippen MR) is 102 cm³/mol. The molecule has 11 nitrogen and oxygen atoms in total. The molecule has 0 aromatic heterocycles. The smallest absolute Gasteiger partial charge is 0.481 e. The molecule has 4 aliphatic heterocycles. The van der Waals surface area contributed by atoms with E-state index in [4.69, 9.17) is 5.11 Å². The van der Waals surface area contributed by atoms with Crippen molar-refractivity contribution in [2.24, 2.45) is 5.92 Å². The lowest BCUT2D eigenvalue weighted by Crippen LogP contribution is -2.72. The number of fused-ring (bicyclic) bond motifs is 1. The van der Waals surface area contributed by atoms with Crippen LogP contribution in [0.1, 0.15) is 33.6 Å². The summed E-state index contributed by atoms with van der Waals surface area (Å²) in [5, 5.41) is 30.0. The van der Waals surface area contributed by atoms with Gasteiger partial charge in [0.2, 0.25) is 12.0 Å². The van der Waals surface area contributed by atoms with E-state index in [2.05, 4.69) is 0 Å². The van der Waals surface area contributed by atoms with Crippen molar-refractivity contribution in [1.29, 1.82) is 0 Å². The first-order valence-corrected chi connectivity index (χ1v) is 9.61. The van der Waals surface area contributed by atoms with E-state index in [1.807, 2.05) is 0 Å². The summed E-state index contributed by atoms with van der Waals surface area (Å²) in [6.45, 7) is 5.24. The molecule has 0 spiro atoms. The molecule has 4 aliphatic rings. The Labute approximate surface area is 172 Å². The Hall–Kier alpha value is -3.34. The molecule has 1 saturated heterocycles. The first-order chi connectivity index (χ1) is 14.0. The minimum absolute atomic E-state index is 0.117. The largest absolute Gasteiger partial charge is 0.546 e. The Bertz CT molecular complexity index is 879. The zero-order chi connectivity index (χ0) is 22.4. The zero-order valence-corrected chi connectivity index (χ0v) is 16.9. The van der Waals surface area contributed by atoms with Crippen LogP contribution in [0.2, 0.25) is 0 Å². The summed E-state index contributed by atoms with van der Waals surface area (Å²) in [5.74, 6) is -1.61. The second-order valence-electron chi connectivity index (χ2n) is 7.72. The molecule has 0 aliphatic carbocycles. The predicted octanol–water partition coefficient (Wildman–Crippen LogP) is 2.02. The van der Waals surface area contributed by atoms with Gasteiger partial charge in [-0.25, -0.2) is 4.79 Å². The van der Waals surface area contributed by atoms with Gasteiger partial charge < -0.3 is 20.2 Å². The van der Waals surface area contributed by atoms with E-state index in [9.17, 15) is 29.4 Å². The number of carbonyl (C=O) groups is 4. The average Bonchev–Trinajstić information content (AvgIpc) is 3.17. The van der Waals surface area contributed by atoms with Gasteiger partial charge >= 0.3 is 18.2 Å². The van der Waals surface area contributed by atoms with Crippen LogP contribution < -0.4 is 0 Å². The third kappa shape index (κ3) is 2.76. The van der Waals surface area contributed by atoms with E-state index in [-0.39, 0.29) is 31.0 Å². The normalized spacial score (nSPS) is 25.9. The van der Waals surface area contributed by atoms with Crippen LogP contribution in [0.4, 0.5) is 9.59 Å². The standard InChI is InChI=1S/C19H24N4O7/c1-4-14-21(17(27)28)13-11-23(14,18(29)30)22(13)19(16(26)12(2)3)6-9-20(10-7-19)8-5-15(24)25/h6-7,9-12,14H,4-5,8H2,1-3H3,(H2-,24,25,27,28,29,30)/p+1. The molecular weight excluding hydrogens is 396 g/mol. The summed E-state index contributed by atoms with van der Waals surface area (Å²) in [6.07, 6.45) is 4.01. The number of ketones is 1. The molecule has 3 N–H and O–H groups in total. The summed E-state index contributed by atoms with van der Waals surface area (Å²) >= 11 is 0. The Balaban J connectivity index is 2.08. The van der Waals surface area contributed by atoms with E-state index < -0.39 is 40.4 Å². The minimum Gasteiger partial charge on any atom is -0.481 e. The SMILES string of the molecule is CCC1N(C(=O)O)C2=C[N+]1(C(=O)O)N2C1(C(=O)C(C)C)C=CN(CCC(=O)O)C=C1. The summed E-state index contributed by atoms with van der Waals surface area (Å²) in [4.78, 5) is 51.0. The van der Waals surface area contributed by atoms with Crippen molar-refractivity contribution in [3.63, 3.8) is 0 Å². The minimum atomic E-state index is -1.52. The van der Waals surface area contributed by atoms with Gasteiger partial charge in [-0.2, -0.15) is 14.7 Å². The monoisotopic (exact) mass is 421 g/mol. The van der Waals surface area contributed by atoms with Crippen LogP contribution in [0, 0.1) is 5.92 Å². The van der Waals surface area contributed by atoms with Gasteiger partial charge in [-0.05, 0) is 12.2 Å².